The number of carbonyl (C=O) groups excluding carboxylic acids is 2. The van der Waals surface area contributed by atoms with Gasteiger partial charge in [0, 0.05) is 16.6 Å². The van der Waals surface area contributed by atoms with Crippen molar-refractivity contribution in [3.8, 4) is 0 Å². The van der Waals surface area contributed by atoms with Crippen molar-refractivity contribution in [1.29, 1.82) is 0 Å². The quantitative estimate of drug-likeness (QED) is 0.898. The molecule has 1 saturated carbocycles. The van der Waals surface area contributed by atoms with Gasteiger partial charge >= 0.3 is 0 Å². The minimum atomic E-state index is -0.265. The molecule has 2 rings (SSSR count). The van der Waals surface area contributed by atoms with E-state index < -0.39 is 0 Å². The lowest BCUT2D eigenvalue weighted by Crippen LogP contribution is -2.45. The lowest BCUT2D eigenvalue weighted by molar-refractivity contribution is -0.121. The van der Waals surface area contributed by atoms with Gasteiger partial charge in [0.25, 0.3) is 5.91 Å². The predicted octanol–water partition coefficient (Wildman–Crippen LogP) is 2.76. The third kappa shape index (κ3) is 4.74. The predicted molar refractivity (Wildman–Crippen MR) is 83.3 cm³/mol. The zero-order valence-electron chi connectivity index (χ0n) is 12.2. The second-order valence-corrected chi connectivity index (χ2v) is 6.06. The first-order valence-corrected chi connectivity index (χ1v) is 7.77. The van der Waals surface area contributed by atoms with E-state index in [1.807, 2.05) is 0 Å². The Morgan fingerprint density at radius 1 is 1.19 bits per heavy atom. The molecule has 0 spiro atoms. The number of rotatable bonds is 4. The van der Waals surface area contributed by atoms with Crippen LogP contribution in [0, 0.1) is 5.92 Å². The SMILES string of the molecule is C[C@@H]1CCCC[C@H]1NC(=O)CNC(=O)c1ccc(Cl)cc1. The summed E-state index contributed by atoms with van der Waals surface area (Å²) >= 11 is 5.77. The molecule has 1 aromatic rings. The van der Waals surface area contributed by atoms with Gasteiger partial charge in [0.2, 0.25) is 5.91 Å². The second kappa shape index (κ2) is 7.46. The van der Waals surface area contributed by atoms with Gasteiger partial charge in [-0.2, -0.15) is 0 Å². The normalized spacial score (nSPS) is 21.6. The highest BCUT2D eigenvalue weighted by molar-refractivity contribution is 6.30. The molecule has 5 heteroatoms. The number of carbonyl (C=O) groups is 2. The van der Waals surface area contributed by atoms with E-state index in [1.54, 1.807) is 24.3 Å². The standard InChI is InChI=1S/C16H21ClN2O2/c1-11-4-2-3-5-14(11)19-15(20)10-18-16(21)12-6-8-13(17)9-7-12/h6-9,11,14H,2-5,10H2,1H3,(H,18,21)(H,19,20)/t11-,14-/m1/s1. The lowest BCUT2D eigenvalue weighted by Gasteiger charge is -2.29. The number of nitrogens with one attached hydrogen (secondary N) is 2. The summed E-state index contributed by atoms with van der Waals surface area (Å²) in [4.78, 5) is 23.8. The summed E-state index contributed by atoms with van der Waals surface area (Å²) in [5.41, 5.74) is 0.498. The Morgan fingerprint density at radius 3 is 2.52 bits per heavy atom. The van der Waals surface area contributed by atoms with E-state index in [0.717, 1.165) is 19.3 Å². The minimum absolute atomic E-state index is 0.00464. The summed E-state index contributed by atoms with van der Waals surface area (Å²) in [5, 5.41) is 6.22. The first kappa shape index (κ1) is 15.8. The highest BCUT2D eigenvalue weighted by Crippen LogP contribution is 2.23. The van der Waals surface area contributed by atoms with Crippen LogP contribution in [0.25, 0.3) is 0 Å². The van der Waals surface area contributed by atoms with Gasteiger partial charge < -0.3 is 10.6 Å². The van der Waals surface area contributed by atoms with Gasteiger partial charge in [0.05, 0.1) is 6.54 Å². The molecule has 0 aliphatic heterocycles. The Balaban J connectivity index is 1.78. The van der Waals surface area contributed by atoms with Gasteiger partial charge in [0.1, 0.15) is 0 Å². The lowest BCUT2D eigenvalue weighted by atomic mass is 9.86. The highest BCUT2D eigenvalue weighted by atomic mass is 35.5. The topological polar surface area (TPSA) is 58.2 Å². The Bertz CT molecular complexity index is 502. The zero-order chi connectivity index (χ0) is 15.2. The van der Waals surface area contributed by atoms with Gasteiger partial charge in [-0.1, -0.05) is 31.4 Å². The molecule has 0 saturated heterocycles. The molecule has 1 aliphatic rings. The maximum absolute atomic E-state index is 11.9. The molecule has 0 heterocycles. The third-order valence-corrected chi connectivity index (χ3v) is 4.23. The van der Waals surface area contributed by atoms with E-state index in [4.69, 9.17) is 11.6 Å². The van der Waals surface area contributed by atoms with Crippen LogP contribution in [-0.2, 0) is 4.79 Å². The average Bonchev–Trinajstić information content (AvgIpc) is 2.48. The van der Waals surface area contributed by atoms with Crippen molar-refractivity contribution in [2.24, 2.45) is 5.92 Å². The third-order valence-electron chi connectivity index (χ3n) is 3.97. The van der Waals surface area contributed by atoms with E-state index in [9.17, 15) is 9.59 Å². The van der Waals surface area contributed by atoms with Crippen molar-refractivity contribution in [3.63, 3.8) is 0 Å². The monoisotopic (exact) mass is 308 g/mol. The molecular weight excluding hydrogens is 288 g/mol. The molecule has 1 fully saturated rings. The van der Waals surface area contributed by atoms with Crippen LogP contribution in [-0.4, -0.2) is 24.4 Å². The molecule has 0 radical (unpaired) electrons. The molecule has 4 nitrogen and oxygen atoms in total. The Morgan fingerprint density at radius 2 is 1.86 bits per heavy atom. The van der Waals surface area contributed by atoms with Crippen LogP contribution < -0.4 is 10.6 Å². The van der Waals surface area contributed by atoms with Gasteiger partial charge in [0.15, 0.2) is 0 Å². The van der Waals surface area contributed by atoms with Gasteiger partial charge in [-0.25, -0.2) is 0 Å². The minimum Gasteiger partial charge on any atom is -0.352 e. The van der Waals surface area contributed by atoms with Gasteiger partial charge in [-0.15, -0.1) is 0 Å². The Hall–Kier alpha value is -1.55. The highest BCUT2D eigenvalue weighted by Gasteiger charge is 2.22. The molecule has 1 aliphatic carbocycles. The summed E-state index contributed by atoms with van der Waals surface area (Å²) in [6.07, 6.45) is 4.58. The molecule has 114 valence electrons. The van der Waals surface area contributed by atoms with E-state index in [0.29, 0.717) is 16.5 Å². The summed E-state index contributed by atoms with van der Waals surface area (Å²) < 4.78 is 0. The Kier molecular flexibility index (Phi) is 5.62. The van der Waals surface area contributed by atoms with Crippen molar-refractivity contribution in [2.75, 3.05) is 6.54 Å². The number of amides is 2. The van der Waals surface area contributed by atoms with E-state index in [2.05, 4.69) is 17.6 Å². The summed E-state index contributed by atoms with van der Waals surface area (Å²) in [5.74, 6) is 0.115. The van der Waals surface area contributed by atoms with Crippen LogP contribution in [0.3, 0.4) is 0 Å². The number of halogens is 1. The summed E-state index contributed by atoms with van der Waals surface area (Å²) in [6.45, 7) is 2.17. The van der Waals surface area contributed by atoms with Crippen LogP contribution in [0.15, 0.2) is 24.3 Å². The van der Waals surface area contributed by atoms with E-state index >= 15 is 0 Å². The molecule has 0 unspecified atom stereocenters. The van der Waals surface area contributed by atoms with Crippen LogP contribution >= 0.6 is 11.6 Å². The largest absolute Gasteiger partial charge is 0.352 e. The Labute approximate surface area is 130 Å². The summed E-state index contributed by atoms with van der Waals surface area (Å²) in [7, 11) is 0. The summed E-state index contributed by atoms with van der Waals surface area (Å²) in [6, 6.07) is 6.82. The van der Waals surface area contributed by atoms with Crippen molar-refractivity contribution >= 4 is 23.4 Å². The average molecular weight is 309 g/mol. The molecule has 1 aromatic carbocycles. The molecule has 2 amide bonds. The maximum Gasteiger partial charge on any atom is 0.251 e. The number of hydrogen-bond donors (Lipinski definition) is 2. The molecule has 2 atom stereocenters. The fourth-order valence-electron chi connectivity index (χ4n) is 2.65. The molecule has 0 bridgehead atoms. The van der Waals surface area contributed by atoms with Crippen molar-refractivity contribution in [3.05, 3.63) is 34.9 Å². The van der Waals surface area contributed by atoms with Crippen LogP contribution in [0.4, 0.5) is 0 Å². The number of benzene rings is 1. The fourth-order valence-corrected chi connectivity index (χ4v) is 2.78. The maximum atomic E-state index is 11.9. The first-order chi connectivity index (χ1) is 10.1. The smallest absolute Gasteiger partial charge is 0.251 e. The zero-order valence-corrected chi connectivity index (χ0v) is 13.0. The van der Waals surface area contributed by atoms with Gasteiger partial charge in [-0.3, -0.25) is 9.59 Å². The van der Waals surface area contributed by atoms with Crippen molar-refractivity contribution in [1.82, 2.24) is 10.6 Å². The first-order valence-electron chi connectivity index (χ1n) is 7.39. The fraction of sp³-hybridized carbons (Fsp3) is 0.500. The molecular formula is C16H21ClN2O2. The van der Waals surface area contributed by atoms with E-state index in [-0.39, 0.29) is 24.4 Å². The van der Waals surface area contributed by atoms with Gasteiger partial charge in [-0.05, 0) is 43.0 Å². The van der Waals surface area contributed by atoms with E-state index in [1.165, 1.54) is 6.42 Å². The van der Waals surface area contributed by atoms with Crippen molar-refractivity contribution < 1.29 is 9.59 Å². The number of hydrogen-bond acceptors (Lipinski definition) is 2. The van der Waals surface area contributed by atoms with Crippen molar-refractivity contribution in [2.45, 2.75) is 38.6 Å². The van der Waals surface area contributed by atoms with Crippen LogP contribution in [0.2, 0.25) is 5.02 Å². The molecule has 2 N–H and O–H groups in total. The van der Waals surface area contributed by atoms with Crippen LogP contribution in [0.1, 0.15) is 43.0 Å². The molecule has 0 aromatic heterocycles. The molecule has 21 heavy (non-hydrogen) atoms. The second-order valence-electron chi connectivity index (χ2n) is 5.63. The van der Waals surface area contributed by atoms with Crippen LogP contribution in [0.5, 0.6) is 0 Å².